The van der Waals surface area contributed by atoms with Gasteiger partial charge in [-0.25, -0.2) is 14.0 Å². The lowest BCUT2D eigenvalue weighted by atomic mass is 9.83. The van der Waals surface area contributed by atoms with Crippen LogP contribution in [0.4, 0.5) is 9.18 Å². The summed E-state index contributed by atoms with van der Waals surface area (Å²) in [7, 11) is 1.07. The predicted octanol–water partition coefficient (Wildman–Crippen LogP) is 3.13. The molecule has 0 aliphatic heterocycles. The number of carbonyl (C=O) groups excluding carboxylic acids is 7. The second kappa shape index (κ2) is 20.3. The quantitative estimate of drug-likeness (QED) is 0.119. The summed E-state index contributed by atoms with van der Waals surface area (Å²) in [5.74, 6) is -6.30. The Labute approximate surface area is 299 Å². The van der Waals surface area contributed by atoms with Crippen molar-refractivity contribution >= 4 is 41.5 Å². The van der Waals surface area contributed by atoms with Crippen LogP contribution < -0.4 is 26.6 Å². The van der Waals surface area contributed by atoms with Crippen LogP contribution in [-0.4, -0.2) is 78.9 Å². The lowest BCUT2D eigenvalue weighted by molar-refractivity contribution is -0.145. The fraction of sp³-hybridized carbons (Fsp3) is 0.639. The van der Waals surface area contributed by atoms with Gasteiger partial charge in [0.25, 0.3) is 5.91 Å². The van der Waals surface area contributed by atoms with Gasteiger partial charge in [-0.15, -0.1) is 0 Å². The molecule has 0 radical (unpaired) electrons. The summed E-state index contributed by atoms with van der Waals surface area (Å²) < 4.78 is 24.4. The Morgan fingerprint density at radius 1 is 0.882 bits per heavy atom. The minimum Gasteiger partial charge on any atom is -0.467 e. The number of methoxy groups -OCH3 is 1. The van der Waals surface area contributed by atoms with Crippen molar-refractivity contribution in [3.8, 4) is 0 Å². The lowest BCUT2D eigenvalue weighted by Crippen LogP contribution is -2.58. The molecule has 1 saturated carbocycles. The van der Waals surface area contributed by atoms with Gasteiger partial charge in [0.2, 0.25) is 23.5 Å². The molecule has 1 aromatic carbocycles. The molecule has 1 fully saturated rings. The van der Waals surface area contributed by atoms with E-state index in [9.17, 15) is 38.0 Å². The van der Waals surface area contributed by atoms with Gasteiger partial charge < -0.3 is 36.1 Å². The van der Waals surface area contributed by atoms with E-state index in [1.165, 1.54) is 18.2 Å². The Morgan fingerprint density at radius 2 is 1.51 bits per heavy atom. The Hall–Kier alpha value is -4.56. The summed E-state index contributed by atoms with van der Waals surface area (Å²) in [6.45, 7) is 9.86. The molecule has 0 heterocycles. The van der Waals surface area contributed by atoms with Gasteiger partial charge in [-0.3, -0.25) is 24.0 Å². The minimum atomic E-state index is -1.51. The van der Waals surface area contributed by atoms with Crippen LogP contribution in [0.5, 0.6) is 0 Å². The number of amides is 5. The number of ketones is 1. The van der Waals surface area contributed by atoms with Crippen molar-refractivity contribution in [1.29, 1.82) is 0 Å². The fourth-order valence-electron chi connectivity index (χ4n) is 5.80. The lowest BCUT2D eigenvalue weighted by Gasteiger charge is -2.32. The van der Waals surface area contributed by atoms with Gasteiger partial charge in [-0.05, 0) is 64.4 Å². The van der Waals surface area contributed by atoms with Crippen molar-refractivity contribution in [1.82, 2.24) is 26.6 Å². The van der Waals surface area contributed by atoms with Crippen molar-refractivity contribution in [2.24, 2.45) is 11.8 Å². The standard InChI is InChI=1S/C36H54FN5O9/c1-8-14-25(30(44)33(47)38-20-27(43)41-29(34(48)50-7)23-17-12-13-18-24(23)37)39-31(45)26(19-21(2)3)40-32(46)28(22-15-10-9-11-16-22)42-35(49)51-36(4,5)6/h12-13,17-18,21-22,25-26,28-29H,8-11,14-16,19-20H2,1-7H3,(H,38,47)(H,39,45)(H,40,46)(H,41,43)(H,42,49)/t25?,26-,28-,29+/m0/s1. The van der Waals surface area contributed by atoms with Gasteiger partial charge in [-0.2, -0.15) is 0 Å². The zero-order chi connectivity index (χ0) is 38.3. The van der Waals surface area contributed by atoms with Crippen LogP contribution in [-0.2, 0) is 38.2 Å². The van der Waals surface area contributed by atoms with E-state index in [1.54, 1.807) is 27.7 Å². The summed E-state index contributed by atoms with van der Waals surface area (Å²) >= 11 is 0. The topological polar surface area (TPSA) is 198 Å². The maximum absolute atomic E-state index is 14.3. The van der Waals surface area contributed by atoms with E-state index in [-0.39, 0.29) is 30.2 Å². The van der Waals surface area contributed by atoms with Crippen molar-refractivity contribution in [3.05, 3.63) is 35.6 Å². The van der Waals surface area contributed by atoms with E-state index in [0.717, 1.165) is 32.4 Å². The molecule has 0 bridgehead atoms. The molecule has 14 nitrogen and oxygen atoms in total. The number of hydrogen-bond donors (Lipinski definition) is 5. The second-order valence-electron chi connectivity index (χ2n) is 14.2. The van der Waals surface area contributed by atoms with Gasteiger partial charge in [0, 0.05) is 5.56 Å². The summed E-state index contributed by atoms with van der Waals surface area (Å²) in [4.78, 5) is 91.0. The average Bonchev–Trinajstić information content (AvgIpc) is 3.07. The number of hydrogen-bond acceptors (Lipinski definition) is 9. The van der Waals surface area contributed by atoms with Gasteiger partial charge in [0.15, 0.2) is 6.04 Å². The summed E-state index contributed by atoms with van der Waals surface area (Å²) in [5.41, 5.74) is -0.943. The first-order valence-electron chi connectivity index (χ1n) is 17.5. The first kappa shape index (κ1) is 42.6. The van der Waals surface area contributed by atoms with Crippen LogP contribution in [0, 0.1) is 17.7 Å². The summed E-state index contributed by atoms with van der Waals surface area (Å²) in [5, 5.41) is 12.5. The molecule has 5 N–H and O–H groups in total. The van der Waals surface area contributed by atoms with Gasteiger partial charge in [0.1, 0.15) is 23.5 Å². The molecule has 284 valence electrons. The number of nitrogens with one attached hydrogen (secondary N) is 5. The average molecular weight is 720 g/mol. The zero-order valence-corrected chi connectivity index (χ0v) is 30.7. The minimum absolute atomic E-state index is 0.0617. The Balaban J connectivity index is 2.14. The number of carbonyl (C=O) groups is 7. The van der Waals surface area contributed by atoms with Crippen LogP contribution in [0.1, 0.15) is 105 Å². The van der Waals surface area contributed by atoms with Crippen LogP contribution in [0.2, 0.25) is 0 Å². The Kier molecular flexibility index (Phi) is 17.0. The number of halogens is 1. The molecule has 1 aliphatic carbocycles. The maximum Gasteiger partial charge on any atom is 0.408 e. The number of alkyl carbamates (subject to hydrolysis) is 1. The molecule has 4 atom stereocenters. The molecule has 1 aliphatic rings. The van der Waals surface area contributed by atoms with Crippen LogP contribution >= 0.6 is 0 Å². The molecule has 15 heteroatoms. The SMILES string of the molecule is CCCC(NC(=O)[C@H](CC(C)C)NC(=O)[C@@H](NC(=O)OC(C)(C)C)C1CCCCC1)C(=O)C(=O)NCC(=O)N[C@@H](C(=O)OC)c1ccccc1F. The number of ether oxygens (including phenoxy) is 2. The highest BCUT2D eigenvalue weighted by Crippen LogP contribution is 2.27. The molecule has 1 aromatic rings. The first-order chi connectivity index (χ1) is 24.0. The van der Waals surface area contributed by atoms with Crippen LogP contribution in [0.25, 0.3) is 0 Å². The normalized spacial score (nSPS) is 15.7. The fourth-order valence-corrected chi connectivity index (χ4v) is 5.80. The van der Waals surface area contributed by atoms with Crippen molar-refractivity contribution in [2.75, 3.05) is 13.7 Å². The second-order valence-corrected chi connectivity index (χ2v) is 14.2. The highest BCUT2D eigenvalue weighted by atomic mass is 19.1. The smallest absolute Gasteiger partial charge is 0.408 e. The molecular weight excluding hydrogens is 665 g/mol. The number of Topliss-reactive ketones (excluding diaryl/α,β-unsaturated/α-hetero) is 1. The monoisotopic (exact) mass is 719 g/mol. The third-order valence-corrected chi connectivity index (χ3v) is 8.22. The molecule has 51 heavy (non-hydrogen) atoms. The van der Waals surface area contributed by atoms with E-state index in [1.807, 2.05) is 13.8 Å². The van der Waals surface area contributed by atoms with Crippen molar-refractivity contribution in [2.45, 2.75) is 123 Å². The Morgan fingerprint density at radius 3 is 2.08 bits per heavy atom. The molecule has 0 saturated heterocycles. The Bertz CT molecular complexity index is 1390. The maximum atomic E-state index is 14.3. The van der Waals surface area contributed by atoms with Crippen molar-refractivity contribution < 1.29 is 47.4 Å². The number of rotatable bonds is 17. The van der Waals surface area contributed by atoms with Gasteiger partial charge >= 0.3 is 12.1 Å². The third-order valence-electron chi connectivity index (χ3n) is 8.22. The predicted molar refractivity (Wildman–Crippen MR) is 185 cm³/mol. The van der Waals surface area contributed by atoms with E-state index in [2.05, 4.69) is 31.3 Å². The molecular formula is C36H54FN5O9. The number of esters is 1. The molecule has 1 unspecified atom stereocenters. The van der Waals surface area contributed by atoms with Crippen molar-refractivity contribution in [3.63, 3.8) is 0 Å². The highest BCUT2D eigenvalue weighted by molar-refractivity contribution is 6.38. The van der Waals surface area contributed by atoms with E-state index in [0.29, 0.717) is 19.3 Å². The molecule has 0 aromatic heterocycles. The molecule has 2 rings (SSSR count). The zero-order valence-electron chi connectivity index (χ0n) is 30.7. The third kappa shape index (κ3) is 14.3. The molecule has 5 amide bonds. The first-order valence-corrected chi connectivity index (χ1v) is 17.5. The van der Waals surface area contributed by atoms with E-state index < -0.39 is 83.6 Å². The van der Waals surface area contributed by atoms with Gasteiger partial charge in [0.05, 0.1) is 19.7 Å². The summed E-state index contributed by atoms with van der Waals surface area (Å²) in [6.07, 6.45) is 4.15. The molecule has 0 spiro atoms. The van der Waals surface area contributed by atoms with E-state index >= 15 is 0 Å². The van der Waals surface area contributed by atoms with Crippen LogP contribution in [0.15, 0.2) is 24.3 Å². The van der Waals surface area contributed by atoms with Gasteiger partial charge in [-0.1, -0.05) is 64.7 Å². The summed E-state index contributed by atoms with van der Waals surface area (Å²) in [6, 6.07) is 0.428. The largest absolute Gasteiger partial charge is 0.467 e. The van der Waals surface area contributed by atoms with Crippen LogP contribution in [0.3, 0.4) is 0 Å². The highest BCUT2D eigenvalue weighted by Gasteiger charge is 2.36. The number of benzene rings is 1. The van der Waals surface area contributed by atoms with E-state index in [4.69, 9.17) is 4.74 Å².